The largest absolute Gasteiger partial charge is 0.326 e. The average Bonchev–Trinajstić information content (AvgIpc) is 2.53. The van der Waals surface area contributed by atoms with E-state index < -0.39 is 0 Å². The molecule has 2 rings (SSSR count). The molecule has 112 valence electrons. The number of anilines is 1. The van der Waals surface area contributed by atoms with Crippen LogP contribution < -0.4 is 10.6 Å². The number of benzene rings is 2. The van der Waals surface area contributed by atoms with Crippen LogP contribution in [0.5, 0.6) is 0 Å². The molecule has 0 heterocycles. The third-order valence-electron chi connectivity index (χ3n) is 3.05. The summed E-state index contributed by atoms with van der Waals surface area (Å²) in [6.07, 6.45) is 0.317. The van der Waals surface area contributed by atoms with Gasteiger partial charge in [0.1, 0.15) is 5.82 Å². The number of rotatable bonds is 6. The Kier molecular flexibility index (Phi) is 5.64. The van der Waals surface area contributed by atoms with Crippen LogP contribution in [0.15, 0.2) is 48.5 Å². The summed E-state index contributed by atoms with van der Waals surface area (Å²) >= 11 is 0. The summed E-state index contributed by atoms with van der Waals surface area (Å²) in [7, 11) is 0. The van der Waals surface area contributed by atoms with Crippen molar-refractivity contribution >= 4 is 11.6 Å². The molecule has 1 amide bonds. The lowest BCUT2D eigenvalue weighted by molar-refractivity contribution is -0.116. The second-order valence-electron chi connectivity index (χ2n) is 4.79. The highest BCUT2D eigenvalue weighted by atomic mass is 19.1. The molecule has 0 aromatic heterocycles. The van der Waals surface area contributed by atoms with Gasteiger partial charge < -0.3 is 10.6 Å². The maximum absolute atomic E-state index is 12.7. The minimum absolute atomic E-state index is 0.123. The number of carbonyl (C=O) groups excluding carboxylic acids is 1. The molecular formula is C17H16FN3O. The number of halogens is 1. The molecule has 0 saturated heterocycles. The minimum Gasteiger partial charge on any atom is -0.326 e. The lowest BCUT2D eigenvalue weighted by atomic mass is 10.2. The van der Waals surface area contributed by atoms with Crippen LogP contribution in [-0.4, -0.2) is 12.5 Å². The van der Waals surface area contributed by atoms with Gasteiger partial charge in [-0.25, -0.2) is 4.39 Å². The number of amides is 1. The Morgan fingerprint density at radius 1 is 1.18 bits per heavy atom. The highest BCUT2D eigenvalue weighted by Crippen LogP contribution is 2.09. The van der Waals surface area contributed by atoms with Crippen molar-refractivity contribution in [2.75, 3.05) is 11.9 Å². The first kappa shape index (κ1) is 15.7. The third kappa shape index (κ3) is 5.00. The van der Waals surface area contributed by atoms with Crippen molar-refractivity contribution in [1.29, 1.82) is 5.26 Å². The van der Waals surface area contributed by atoms with Gasteiger partial charge in [-0.15, -0.1) is 0 Å². The normalized spacial score (nSPS) is 10.0. The summed E-state index contributed by atoms with van der Waals surface area (Å²) in [6, 6.07) is 15.0. The first-order chi connectivity index (χ1) is 10.7. The van der Waals surface area contributed by atoms with Gasteiger partial charge in [0.2, 0.25) is 5.91 Å². The second kappa shape index (κ2) is 7.91. The predicted molar refractivity (Wildman–Crippen MR) is 82.5 cm³/mol. The van der Waals surface area contributed by atoms with Gasteiger partial charge in [-0.1, -0.05) is 18.2 Å². The quantitative estimate of drug-likeness (QED) is 0.806. The molecule has 0 aliphatic heterocycles. The Morgan fingerprint density at radius 3 is 2.68 bits per heavy atom. The van der Waals surface area contributed by atoms with Crippen LogP contribution in [0.1, 0.15) is 17.5 Å². The van der Waals surface area contributed by atoms with Gasteiger partial charge in [-0.05, 0) is 35.9 Å². The van der Waals surface area contributed by atoms with E-state index in [1.165, 1.54) is 12.1 Å². The maximum Gasteiger partial charge on any atom is 0.225 e. The zero-order valence-electron chi connectivity index (χ0n) is 12.0. The molecule has 0 fully saturated rings. The van der Waals surface area contributed by atoms with Crippen LogP contribution in [0, 0.1) is 17.1 Å². The summed E-state index contributed by atoms with van der Waals surface area (Å²) in [5.74, 6) is -0.385. The number of nitrogens with one attached hydrogen (secondary N) is 2. The summed E-state index contributed by atoms with van der Waals surface area (Å²) in [6.45, 7) is 1.10. The maximum atomic E-state index is 12.7. The SMILES string of the molecule is N#Cc1cccc(NC(=O)CCNCc2ccc(F)cc2)c1. The molecule has 22 heavy (non-hydrogen) atoms. The molecule has 5 heteroatoms. The van der Waals surface area contributed by atoms with Crippen LogP contribution in [0.3, 0.4) is 0 Å². The summed E-state index contributed by atoms with van der Waals surface area (Å²) < 4.78 is 12.7. The van der Waals surface area contributed by atoms with Crippen LogP contribution in [0.2, 0.25) is 0 Å². The molecule has 2 N–H and O–H groups in total. The molecular weight excluding hydrogens is 281 g/mol. The fraction of sp³-hybridized carbons (Fsp3) is 0.176. The van der Waals surface area contributed by atoms with Gasteiger partial charge in [0.05, 0.1) is 11.6 Å². The Morgan fingerprint density at radius 2 is 1.95 bits per heavy atom. The highest BCUT2D eigenvalue weighted by Gasteiger charge is 2.03. The van der Waals surface area contributed by atoms with Gasteiger partial charge >= 0.3 is 0 Å². The zero-order valence-corrected chi connectivity index (χ0v) is 12.0. The fourth-order valence-corrected chi connectivity index (χ4v) is 1.93. The van der Waals surface area contributed by atoms with Crippen molar-refractivity contribution in [3.8, 4) is 6.07 Å². The van der Waals surface area contributed by atoms with Gasteiger partial charge in [0, 0.05) is 25.2 Å². The molecule has 0 aliphatic carbocycles. The topological polar surface area (TPSA) is 64.9 Å². The lowest BCUT2D eigenvalue weighted by Gasteiger charge is -2.07. The van der Waals surface area contributed by atoms with Crippen molar-refractivity contribution < 1.29 is 9.18 Å². The molecule has 4 nitrogen and oxygen atoms in total. The van der Waals surface area contributed by atoms with Crippen LogP contribution in [0.25, 0.3) is 0 Å². The number of hydrogen-bond donors (Lipinski definition) is 2. The first-order valence-electron chi connectivity index (χ1n) is 6.92. The smallest absolute Gasteiger partial charge is 0.225 e. The minimum atomic E-state index is -0.261. The van der Waals surface area contributed by atoms with Gasteiger partial charge in [0.25, 0.3) is 0 Å². The average molecular weight is 297 g/mol. The zero-order chi connectivity index (χ0) is 15.8. The summed E-state index contributed by atoms with van der Waals surface area (Å²) in [4.78, 5) is 11.8. The molecule has 0 atom stereocenters. The van der Waals surface area contributed by atoms with E-state index in [1.807, 2.05) is 6.07 Å². The van der Waals surface area contributed by atoms with E-state index in [-0.39, 0.29) is 11.7 Å². The Hall–Kier alpha value is -2.71. The first-order valence-corrected chi connectivity index (χ1v) is 6.92. The van der Waals surface area contributed by atoms with Crippen LogP contribution in [-0.2, 0) is 11.3 Å². The molecule has 0 saturated carbocycles. The van der Waals surface area contributed by atoms with Crippen molar-refractivity contribution in [2.24, 2.45) is 0 Å². The Labute approximate surface area is 128 Å². The highest BCUT2D eigenvalue weighted by molar-refractivity contribution is 5.90. The van der Waals surface area contributed by atoms with Gasteiger partial charge in [-0.2, -0.15) is 5.26 Å². The Balaban J connectivity index is 1.71. The van der Waals surface area contributed by atoms with Gasteiger partial charge in [-0.3, -0.25) is 4.79 Å². The van der Waals surface area contributed by atoms with E-state index in [9.17, 15) is 9.18 Å². The monoisotopic (exact) mass is 297 g/mol. The van der Waals surface area contributed by atoms with Crippen molar-refractivity contribution in [1.82, 2.24) is 5.32 Å². The molecule has 0 unspecified atom stereocenters. The number of nitrogens with zero attached hydrogens (tertiary/aromatic N) is 1. The molecule has 0 bridgehead atoms. The standard InChI is InChI=1S/C17H16FN3O/c18-15-6-4-13(5-7-15)12-20-9-8-17(22)21-16-3-1-2-14(10-16)11-19/h1-7,10,20H,8-9,12H2,(H,21,22). The third-order valence-corrected chi connectivity index (χ3v) is 3.05. The van der Waals surface area contributed by atoms with Crippen LogP contribution in [0.4, 0.5) is 10.1 Å². The molecule has 0 aliphatic rings. The van der Waals surface area contributed by atoms with E-state index in [0.29, 0.717) is 30.8 Å². The molecule has 0 radical (unpaired) electrons. The van der Waals surface area contributed by atoms with E-state index >= 15 is 0 Å². The van der Waals surface area contributed by atoms with E-state index in [4.69, 9.17) is 5.26 Å². The van der Waals surface area contributed by atoms with Crippen molar-refractivity contribution in [2.45, 2.75) is 13.0 Å². The second-order valence-corrected chi connectivity index (χ2v) is 4.79. The van der Waals surface area contributed by atoms with E-state index in [1.54, 1.807) is 36.4 Å². The molecule has 0 spiro atoms. The predicted octanol–water partition coefficient (Wildman–Crippen LogP) is 2.82. The van der Waals surface area contributed by atoms with Crippen molar-refractivity contribution in [3.63, 3.8) is 0 Å². The number of nitriles is 1. The van der Waals surface area contributed by atoms with E-state index in [0.717, 1.165) is 5.56 Å². The number of carbonyl (C=O) groups is 1. The molecule has 2 aromatic rings. The van der Waals surface area contributed by atoms with E-state index in [2.05, 4.69) is 10.6 Å². The summed E-state index contributed by atoms with van der Waals surface area (Å²) in [5.41, 5.74) is 2.08. The van der Waals surface area contributed by atoms with Gasteiger partial charge in [0.15, 0.2) is 0 Å². The lowest BCUT2D eigenvalue weighted by Crippen LogP contribution is -2.21. The number of hydrogen-bond acceptors (Lipinski definition) is 3. The molecule has 2 aromatic carbocycles. The van der Waals surface area contributed by atoms with Crippen molar-refractivity contribution in [3.05, 3.63) is 65.5 Å². The Bertz CT molecular complexity index is 677. The summed E-state index contributed by atoms with van der Waals surface area (Å²) in [5, 5.41) is 14.7. The van der Waals surface area contributed by atoms with Crippen LogP contribution >= 0.6 is 0 Å². The fourth-order valence-electron chi connectivity index (χ4n) is 1.93.